The summed E-state index contributed by atoms with van der Waals surface area (Å²) in [4.78, 5) is 14.7. The number of hydrogen-bond donors (Lipinski definition) is 2. The SMILES string of the molecule is CC(C)CCOc1ccc2[nH]c3c(c2c1)CC(C(=O)O)CC3. The van der Waals surface area contributed by atoms with E-state index in [1.807, 2.05) is 12.1 Å². The predicted octanol–water partition coefficient (Wildman–Crippen LogP) is 3.78. The second-order valence-electron chi connectivity index (χ2n) is 6.60. The molecule has 0 saturated carbocycles. The van der Waals surface area contributed by atoms with Gasteiger partial charge in [0.15, 0.2) is 0 Å². The van der Waals surface area contributed by atoms with Crippen LogP contribution in [0.5, 0.6) is 5.75 Å². The summed E-state index contributed by atoms with van der Waals surface area (Å²) in [5.41, 5.74) is 3.42. The van der Waals surface area contributed by atoms with Crippen molar-refractivity contribution < 1.29 is 14.6 Å². The molecule has 118 valence electrons. The van der Waals surface area contributed by atoms with Crippen molar-refractivity contribution in [1.82, 2.24) is 4.98 Å². The van der Waals surface area contributed by atoms with E-state index >= 15 is 0 Å². The number of carbonyl (C=O) groups is 1. The summed E-state index contributed by atoms with van der Waals surface area (Å²) in [5, 5.41) is 10.4. The molecule has 1 aromatic carbocycles. The molecule has 1 aliphatic rings. The van der Waals surface area contributed by atoms with Gasteiger partial charge in [-0.2, -0.15) is 0 Å². The maximum atomic E-state index is 11.3. The van der Waals surface area contributed by atoms with Gasteiger partial charge in [-0.25, -0.2) is 0 Å². The number of benzene rings is 1. The molecule has 0 spiro atoms. The zero-order chi connectivity index (χ0) is 15.7. The molecule has 0 radical (unpaired) electrons. The Kier molecular flexibility index (Phi) is 4.10. The van der Waals surface area contributed by atoms with Crippen molar-refractivity contribution in [3.8, 4) is 5.75 Å². The molecule has 4 heteroatoms. The first kappa shape index (κ1) is 14.9. The summed E-state index contributed by atoms with van der Waals surface area (Å²) in [6.07, 6.45) is 3.17. The number of H-pyrrole nitrogens is 1. The Morgan fingerprint density at radius 1 is 1.45 bits per heavy atom. The Hall–Kier alpha value is -1.97. The monoisotopic (exact) mass is 301 g/mol. The average molecular weight is 301 g/mol. The summed E-state index contributed by atoms with van der Waals surface area (Å²) in [5.74, 6) is 0.536. The molecule has 1 atom stereocenters. The molecule has 0 bridgehead atoms. The standard InChI is InChI=1S/C18H23NO3/c1-11(2)7-8-22-13-4-6-17-15(10-13)14-9-12(18(20)21)3-5-16(14)19-17/h4,6,10-12,19H,3,5,7-9H2,1-2H3,(H,20,21). The second kappa shape index (κ2) is 6.03. The lowest BCUT2D eigenvalue weighted by molar-refractivity contribution is -0.142. The summed E-state index contributed by atoms with van der Waals surface area (Å²) in [6, 6.07) is 6.07. The van der Waals surface area contributed by atoms with Crippen LogP contribution < -0.4 is 4.74 Å². The smallest absolute Gasteiger partial charge is 0.306 e. The number of fused-ring (bicyclic) bond motifs is 3. The first-order valence-corrected chi connectivity index (χ1v) is 8.03. The summed E-state index contributed by atoms with van der Waals surface area (Å²) >= 11 is 0. The van der Waals surface area contributed by atoms with E-state index in [0.29, 0.717) is 25.4 Å². The fourth-order valence-electron chi connectivity index (χ4n) is 3.11. The Bertz CT molecular complexity index is 687. The van der Waals surface area contributed by atoms with E-state index in [1.54, 1.807) is 0 Å². The zero-order valence-corrected chi connectivity index (χ0v) is 13.2. The van der Waals surface area contributed by atoms with Gasteiger partial charge in [-0.15, -0.1) is 0 Å². The third-order valence-corrected chi connectivity index (χ3v) is 4.47. The first-order chi connectivity index (χ1) is 10.5. The van der Waals surface area contributed by atoms with Crippen LogP contribution in [0.1, 0.15) is 37.9 Å². The maximum absolute atomic E-state index is 11.3. The van der Waals surface area contributed by atoms with E-state index in [-0.39, 0.29) is 5.92 Å². The Balaban J connectivity index is 1.85. The van der Waals surface area contributed by atoms with Crippen molar-refractivity contribution >= 4 is 16.9 Å². The molecule has 1 unspecified atom stereocenters. The van der Waals surface area contributed by atoms with Crippen LogP contribution in [-0.2, 0) is 17.6 Å². The van der Waals surface area contributed by atoms with Gasteiger partial charge in [0.2, 0.25) is 0 Å². The topological polar surface area (TPSA) is 62.3 Å². The van der Waals surface area contributed by atoms with Crippen molar-refractivity contribution in [3.05, 3.63) is 29.5 Å². The Morgan fingerprint density at radius 2 is 2.27 bits per heavy atom. The molecule has 1 aromatic heterocycles. The number of carboxylic acid groups (broad SMARTS) is 1. The van der Waals surface area contributed by atoms with E-state index in [2.05, 4.69) is 24.9 Å². The van der Waals surface area contributed by atoms with Gasteiger partial charge < -0.3 is 14.8 Å². The number of carboxylic acids is 1. The van der Waals surface area contributed by atoms with Crippen molar-refractivity contribution in [1.29, 1.82) is 0 Å². The van der Waals surface area contributed by atoms with Crippen LogP contribution in [-0.4, -0.2) is 22.7 Å². The molecular weight excluding hydrogens is 278 g/mol. The van der Waals surface area contributed by atoms with Gasteiger partial charge in [-0.05, 0) is 55.4 Å². The maximum Gasteiger partial charge on any atom is 0.306 e. The number of hydrogen-bond acceptors (Lipinski definition) is 2. The van der Waals surface area contributed by atoms with Gasteiger partial charge in [-0.3, -0.25) is 4.79 Å². The molecule has 22 heavy (non-hydrogen) atoms. The highest BCUT2D eigenvalue weighted by molar-refractivity contribution is 5.87. The second-order valence-corrected chi connectivity index (χ2v) is 6.60. The van der Waals surface area contributed by atoms with Crippen LogP contribution in [0.2, 0.25) is 0 Å². The van der Waals surface area contributed by atoms with E-state index in [0.717, 1.165) is 35.1 Å². The number of rotatable bonds is 5. The molecule has 4 nitrogen and oxygen atoms in total. The van der Waals surface area contributed by atoms with Crippen LogP contribution in [0.3, 0.4) is 0 Å². The van der Waals surface area contributed by atoms with Crippen LogP contribution in [0, 0.1) is 11.8 Å². The molecule has 2 N–H and O–H groups in total. The van der Waals surface area contributed by atoms with Gasteiger partial charge in [0.05, 0.1) is 12.5 Å². The number of ether oxygens (including phenoxy) is 1. The van der Waals surface area contributed by atoms with Gasteiger partial charge in [0, 0.05) is 16.6 Å². The molecule has 0 aliphatic heterocycles. The highest BCUT2D eigenvalue weighted by Crippen LogP contribution is 2.33. The molecule has 0 fully saturated rings. The van der Waals surface area contributed by atoms with E-state index in [9.17, 15) is 9.90 Å². The molecule has 2 aromatic rings. The third-order valence-electron chi connectivity index (χ3n) is 4.47. The fourth-order valence-corrected chi connectivity index (χ4v) is 3.11. The van der Waals surface area contributed by atoms with Crippen molar-refractivity contribution in [2.24, 2.45) is 11.8 Å². The minimum absolute atomic E-state index is 0.267. The first-order valence-electron chi connectivity index (χ1n) is 8.03. The van der Waals surface area contributed by atoms with E-state index < -0.39 is 5.97 Å². The van der Waals surface area contributed by atoms with Crippen LogP contribution in [0.4, 0.5) is 0 Å². The number of aromatic amines is 1. The number of aromatic nitrogens is 1. The predicted molar refractivity (Wildman–Crippen MR) is 86.4 cm³/mol. The van der Waals surface area contributed by atoms with E-state index in [1.165, 1.54) is 5.69 Å². The summed E-state index contributed by atoms with van der Waals surface area (Å²) < 4.78 is 5.83. The molecular formula is C18H23NO3. The summed E-state index contributed by atoms with van der Waals surface area (Å²) in [7, 11) is 0. The number of nitrogens with one attached hydrogen (secondary N) is 1. The molecule has 0 amide bonds. The van der Waals surface area contributed by atoms with Crippen molar-refractivity contribution in [2.75, 3.05) is 6.61 Å². The Morgan fingerprint density at radius 3 is 3.00 bits per heavy atom. The van der Waals surface area contributed by atoms with Crippen LogP contribution >= 0.6 is 0 Å². The molecule has 0 saturated heterocycles. The quantitative estimate of drug-likeness (QED) is 0.883. The zero-order valence-electron chi connectivity index (χ0n) is 13.2. The normalized spacial score (nSPS) is 17.7. The van der Waals surface area contributed by atoms with Gasteiger partial charge in [0.1, 0.15) is 5.75 Å². The highest BCUT2D eigenvalue weighted by Gasteiger charge is 2.27. The fraction of sp³-hybridized carbons (Fsp3) is 0.500. The third kappa shape index (κ3) is 2.96. The number of aliphatic carboxylic acids is 1. The van der Waals surface area contributed by atoms with Gasteiger partial charge >= 0.3 is 5.97 Å². The van der Waals surface area contributed by atoms with Gasteiger partial charge in [0.25, 0.3) is 0 Å². The summed E-state index contributed by atoms with van der Waals surface area (Å²) in [6.45, 7) is 5.08. The lowest BCUT2D eigenvalue weighted by Crippen LogP contribution is -2.21. The van der Waals surface area contributed by atoms with Crippen LogP contribution in [0.15, 0.2) is 18.2 Å². The largest absolute Gasteiger partial charge is 0.494 e. The average Bonchev–Trinajstić information content (AvgIpc) is 2.84. The van der Waals surface area contributed by atoms with Crippen molar-refractivity contribution in [2.45, 2.75) is 39.5 Å². The minimum atomic E-state index is -0.690. The Labute approximate surface area is 130 Å². The highest BCUT2D eigenvalue weighted by atomic mass is 16.5. The minimum Gasteiger partial charge on any atom is -0.494 e. The number of aryl methyl sites for hydroxylation is 1. The lowest BCUT2D eigenvalue weighted by Gasteiger charge is -2.18. The van der Waals surface area contributed by atoms with Crippen LogP contribution in [0.25, 0.3) is 10.9 Å². The van der Waals surface area contributed by atoms with Gasteiger partial charge in [-0.1, -0.05) is 13.8 Å². The lowest BCUT2D eigenvalue weighted by atomic mass is 9.86. The molecule has 1 heterocycles. The molecule has 3 rings (SSSR count). The molecule has 1 aliphatic carbocycles. The van der Waals surface area contributed by atoms with E-state index in [4.69, 9.17) is 4.74 Å². The van der Waals surface area contributed by atoms with Crippen molar-refractivity contribution in [3.63, 3.8) is 0 Å².